The Labute approximate surface area is 197 Å². The number of aliphatic imine (C=N–C) groups is 1. The van der Waals surface area contributed by atoms with Crippen LogP contribution < -0.4 is 15.4 Å². The highest BCUT2D eigenvalue weighted by molar-refractivity contribution is 14.0. The smallest absolute Gasteiger partial charge is 0.191 e. The van der Waals surface area contributed by atoms with Crippen molar-refractivity contribution in [1.82, 2.24) is 15.5 Å². The lowest BCUT2D eigenvalue weighted by Gasteiger charge is -2.37. The van der Waals surface area contributed by atoms with Gasteiger partial charge in [0.25, 0.3) is 0 Å². The number of morpholine rings is 1. The van der Waals surface area contributed by atoms with Crippen molar-refractivity contribution in [3.63, 3.8) is 0 Å². The van der Waals surface area contributed by atoms with E-state index in [1.54, 1.807) is 0 Å². The van der Waals surface area contributed by atoms with Crippen LogP contribution in [-0.4, -0.2) is 82.7 Å². The first kappa shape index (κ1) is 25.2. The number of nitrogens with one attached hydrogen (secondary N) is 2. The molecule has 3 rings (SSSR count). The van der Waals surface area contributed by atoms with Gasteiger partial charge in [0, 0.05) is 45.2 Å². The molecule has 170 valence electrons. The first-order valence-corrected chi connectivity index (χ1v) is 10.7. The van der Waals surface area contributed by atoms with Crippen LogP contribution in [0.3, 0.4) is 0 Å². The van der Waals surface area contributed by atoms with Crippen molar-refractivity contribution in [3.8, 4) is 5.75 Å². The molecule has 0 amide bonds. The number of hydrogen-bond donors (Lipinski definition) is 2. The van der Waals surface area contributed by atoms with Gasteiger partial charge in [-0.15, -0.1) is 24.0 Å². The number of guanidine groups is 1. The standard InChI is InChI=1S/C22H36N4O3.HI/c1-17-6-4-5-7-21(17)29-18(2)14-24-22(23-3)25-15-20(19-8-11-28-16-19)26-9-12-27-13-10-26;/h4-7,18-20H,8-16H2,1-3H3,(H2,23,24,25);1H. The molecule has 8 heteroatoms. The average molecular weight is 532 g/mol. The maximum Gasteiger partial charge on any atom is 0.191 e. The molecule has 2 saturated heterocycles. The molecule has 1 aromatic carbocycles. The lowest BCUT2D eigenvalue weighted by molar-refractivity contribution is 0.00246. The largest absolute Gasteiger partial charge is 0.489 e. The molecule has 2 fully saturated rings. The van der Waals surface area contributed by atoms with Crippen molar-refractivity contribution in [2.24, 2.45) is 10.9 Å². The van der Waals surface area contributed by atoms with Crippen LogP contribution in [0, 0.1) is 12.8 Å². The first-order valence-electron chi connectivity index (χ1n) is 10.7. The summed E-state index contributed by atoms with van der Waals surface area (Å²) in [6.07, 6.45) is 1.16. The van der Waals surface area contributed by atoms with Crippen LogP contribution in [0.25, 0.3) is 0 Å². The van der Waals surface area contributed by atoms with E-state index in [0.29, 0.717) is 18.5 Å². The van der Waals surface area contributed by atoms with Crippen molar-refractivity contribution in [3.05, 3.63) is 29.8 Å². The Morgan fingerprint density at radius 2 is 1.90 bits per heavy atom. The molecule has 2 aliphatic heterocycles. The van der Waals surface area contributed by atoms with E-state index in [2.05, 4.69) is 40.4 Å². The van der Waals surface area contributed by atoms with Gasteiger partial charge in [0.2, 0.25) is 0 Å². The van der Waals surface area contributed by atoms with Crippen molar-refractivity contribution < 1.29 is 14.2 Å². The van der Waals surface area contributed by atoms with Gasteiger partial charge in [0.1, 0.15) is 11.9 Å². The molecule has 1 aromatic rings. The van der Waals surface area contributed by atoms with Gasteiger partial charge in [-0.2, -0.15) is 0 Å². The number of hydrogen-bond acceptors (Lipinski definition) is 5. The topological polar surface area (TPSA) is 67.4 Å². The number of nitrogens with zero attached hydrogens (tertiary/aromatic N) is 2. The maximum absolute atomic E-state index is 6.06. The van der Waals surface area contributed by atoms with E-state index < -0.39 is 0 Å². The third kappa shape index (κ3) is 7.55. The molecule has 0 bridgehead atoms. The average Bonchev–Trinajstić information content (AvgIpc) is 3.27. The van der Waals surface area contributed by atoms with Crippen molar-refractivity contribution in [2.45, 2.75) is 32.4 Å². The molecular weight excluding hydrogens is 495 g/mol. The Morgan fingerprint density at radius 3 is 2.57 bits per heavy atom. The van der Waals surface area contributed by atoms with Crippen molar-refractivity contribution in [2.75, 3.05) is 59.7 Å². The van der Waals surface area contributed by atoms with Crippen molar-refractivity contribution in [1.29, 1.82) is 0 Å². The summed E-state index contributed by atoms with van der Waals surface area (Å²) in [6.45, 7) is 11.0. The van der Waals surface area contributed by atoms with E-state index in [1.165, 1.54) is 0 Å². The van der Waals surface area contributed by atoms with Gasteiger partial charge < -0.3 is 24.8 Å². The lowest BCUT2D eigenvalue weighted by atomic mass is 9.97. The van der Waals surface area contributed by atoms with Crippen LogP contribution in [0.4, 0.5) is 0 Å². The summed E-state index contributed by atoms with van der Waals surface area (Å²) in [5.74, 6) is 2.29. The van der Waals surface area contributed by atoms with Gasteiger partial charge in [-0.3, -0.25) is 9.89 Å². The summed E-state index contributed by atoms with van der Waals surface area (Å²) >= 11 is 0. The van der Waals surface area contributed by atoms with Gasteiger partial charge >= 0.3 is 0 Å². The molecule has 2 heterocycles. The van der Waals surface area contributed by atoms with Crippen LogP contribution in [0.1, 0.15) is 18.9 Å². The third-order valence-corrected chi connectivity index (χ3v) is 5.70. The van der Waals surface area contributed by atoms with Gasteiger partial charge in [0.15, 0.2) is 5.96 Å². The summed E-state index contributed by atoms with van der Waals surface area (Å²) in [5.41, 5.74) is 1.15. The second-order valence-corrected chi connectivity index (χ2v) is 7.87. The molecule has 2 aliphatic rings. The van der Waals surface area contributed by atoms with Crippen LogP contribution in [0.15, 0.2) is 29.3 Å². The minimum atomic E-state index is 0. The number of ether oxygens (including phenoxy) is 3. The highest BCUT2D eigenvalue weighted by atomic mass is 127. The fraction of sp³-hybridized carbons (Fsp3) is 0.682. The molecule has 0 aromatic heterocycles. The number of aryl methyl sites for hydroxylation is 1. The Bertz CT molecular complexity index is 649. The Hall–Kier alpha value is -1.10. The van der Waals surface area contributed by atoms with Crippen LogP contribution in [0.2, 0.25) is 0 Å². The zero-order valence-electron chi connectivity index (χ0n) is 18.4. The molecule has 7 nitrogen and oxygen atoms in total. The lowest BCUT2D eigenvalue weighted by Crippen LogP contribution is -2.54. The number of halogens is 1. The minimum absolute atomic E-state index is 0. The zero-order valence-corrected chi connectivity index (χ0v) is 20.8. The monoisotopic (exact) mass is 532 g/mol. The van der Waals surface area contributed by atoms with Crippen molar-refractivity contribution >= 4 is 29.9 Å². The predicted octanol–water partition coefficient (Wildman–Crippen LogP) is 2.28. The van der Waals surface area contributed by atoms with E-state index in [9.17, 15) is 0 Å². The highest BCUT2D eigenvalue weighted by Crippen LogP contribution is 2.22. The van der Waals surface area contributed by atoms with Gasteiger partial charge in [-0.05, 0) is 31.9 Å². The van der Waals surface area contributed by atoms with E-state index in [1.807, 2.05) is 25.2 Å². The zero-order chi connectivity index (χ0) is 20.5. The molecule has 3 atom stereocenters. The summed E-state index contributed by atoms with van der Waals surface area (Å²) in [6, 6.07) is 8.53. The molecular formula is C22H37IN4O3. The maximum atomic E-state index is 6.06. The molecule has 0 spiro atoms. The SMILES string of the molecule is CN=C(NCC(C)Oc1ccccc1C)NCC(C1CCOC1)N1CCOCC1.I. The first-order chi connectivity index (χ1) is 14.2. The quantitative estimate of drug-likeness (QED) is 0.305. The Kier molecular flexibility index (Phi) is 11.2. The number of benzene rings is 1. The summed E-state index contributed by atoms with van der Waals surface area (Å²) < 4.78 is 17.3. The molecule has 0 radical (unpaired) electrons. The van der Waals surface area contributed by atoms with Crippen LogP contribution in [0.5, 0.6) is 5.75 Å². The Balaban J connectivity index is 0.00000320. The molecule has 3 unspecified atom stereocenters. The Morgan fingerprint density at radius 1 is 1.17 bits per heavy atom. The highest BCUT2D eigenvalue weighted by Gasteiger charge is 2.31. The molecule has 30 heavy (non-hydrogen) atoms. The van der Waals surface area contributed by atoms with E-state index in [-0.39, 0.29) is 30.1 Å². The van der Waals surface area contributed by atoms with E-state index in [0.717, 1.165) is 69.8 Å². The molecule has 0 saturated carbocycles. The normalized spacial score (nSPS) is 22.1. The predicted molar refractivity (Wildman–Crippen MR) is 131 cm³/mol. The minimum Gasteiger partial charge on any atom is -0.489 e. The fourth-order valence-corrected chi connectivity index (χ4v) is 3.97. The van der Waals surface area contributed by atoms with E-state index >= 15 is 0 Å². The van der Waals surface area contributed by atoms with Gasteiger partial charge in [-0.1, -0.05) is 18.2 Å². The summed E-state index contributed by atoms with van der Waals surface area (Å²) in [5, 5.41) is 6.92. The third-order valence-electron chi connectivity index (χ3n) is 5.70. The van der Waals surface area contributed by atoms with E-state index in [4.69, 9.17) is 14.2 Å². The van der Waals surface area contributed by atoms with Gasteiger partial charge in [-0.25, -0.2) is 0 Å². The van der Waals surface area contributed by atoms with Crippen LogP contribution >= 0.6 is 24.0 Å². The summed E-state index contributed by atoms with van der Waals surface area (Å²) in [7, 11) is 1.81. The number of para-hydroxylation sites is 1. The second-order valence-electron chi connectivity index (χ2n) is 7.87. The number of rotatable bonds is 8. The fourth-order valence-electron chi connectivity index (χ4n) is 3.97. The summed E-state index contributed by atoms with van der Waals surface area (Å²) in [4.78, 5) is 6.93. The molecule has 2 N–H and O–H groups in total. The van der Waals surface area contributed by atoms with Crippen LogP contribution in [-0.2, 0) is 9.47 Å². The second kappa shape index (κ2) is 13.3. The molecule has 0 aliphatic carbocycles. The van der Waals surface area contributed by atoms with Gasteiger partial charge in [0.05, 0.1) is 26.4 Å².